The highest BCUT2D eigenvalue weighted by Crippen LogP contribution is 2.47. The molecule has 2 nitrogen and oxygen atoms in total. The second-order valence-corrected chi connectivity index (χ2v) is 4.65. The Morgan fingerprint density at radius 3 is 2.00 bits per heavy atom. The molecule has 86 valence electrons. The lowest BCUT2D eigenvalue weighted by Gasteiger charge is -2.19. The summed E-state index contributed by atoms with van der Waals surface area (Å²) in [5, 5.41) is 0. The summed E-state index contributed by atoms with van der Waals surface area (Å²) in [6.07, 6.45) is -3.64. The van der Waals surface area contributed by atoms with Gasteiger partial charge in [0.15, 0.2) is 0 Å². The molecule has 1 heterocycles. The topological polar surface area (TPSA) is 20.3 Å². The van der Waals surface area contributed by atoms with Gasteiger partial charge in [0.25, 0.3) is 0 Å². The number of fused-ring (bicyclic) bond motifs is 1. The number of rotatable bonds is 0. The maximum Gasteiger partial charge on any atom is 0.391 e. The Kier molecular flexibility index (Phi) is 2.43. The van der Waals surface area contributed by atoms with E-state index in [1.165, 1.54) is 6.92 Å². The summed E-state index contributed by atoms with van der Waals surface area (Å²) in [7, 11) is 0. The van der Waals surface area contributed by atoms with Gasteiger partial charge in [-0.3, -0.25) is 4.79 Å². The molecule has 1 saturated heterocycles. The van der Waals surface area contributed by atoms with E-state index < -0.39 is 12.1 Å². The highest BCUT2D eigenvalue weighted by Gasteiger charge is 2.51. The zero-order chi connectivity index (χ0) is 11.2. The van der Waals surface area contributed by atoms with E-state index >= 15 is 0 Å². The minimum atomic E-state index is -4.05. The Hall–Kier alpha value is -0.740. The van der Waals surface area contributed by atoms with Crippen molar-refractivity contribution in [2.24, 2.45) is 17.8 Å². The average molecular weight is 221 g/mol. The molecular formula is C10H14F3NO. The van der Waals surface area contributed by atoms with Crippen molar-refractivity contribution in [3.8, 4) is 0 Å². The smallest absolute Gasteiger partial charge is 0.342 e. The van der Waals surface area contributed by atoms with E-state index in [1.54, 1.807) is 4.90 Å². The first kappa shape index (κ1) is 10.8. The molecule has 0 N–H and O–H groups in total. The predicted molar refractivity (Wildman–Crippen MR) is 48.0 cm³/mol. The number of alkyl halides is 3. The van der Waals surface area contributed by atoms with Gasteiger partial charge in [0, 0.05) is 20.0 Å². The second-order valence-electron chi connectivity index (χ2n) is 4.65. The summed E-state index contributed by atoms with van der Waals surface area (Å²) in [5.74, 6) is -1.02. The first-order chi connectivity index (χ1) is 6.88. The summed E-state index contributed by atoms with van der Waals surface area (Å²) >= 11 is 0. The molecule has 1 aliphatic carbocycles. The SMILES string of the molecule is CC(=O)N1CC2CC(C(F)(F)F)CC2C1. The molecule has 2 fully saturated rings. The Morgan fingerprint density at radius 2 is 1.67 bits per heavy atom. The lowest BCUT2D eigenvalue weighted by atomic mass is 10.0. The molecule has 1 saturated carbocycles. The summed E-state index contributed by atoms with van der Waals surface area (Å²) < 4.78 is 37.3. The maximum atomic E-state index is 12.4. The molecule has 0 radical (unpaired) electrons. The van der Waals surface area contributed by atoms with Crippen molar-refractivity contribution < 1.29 is 18.0 Å². The fraction of sp³-hybridized carbons (Fsp3) is 0.900. The van der Waals surface area contributed by atoms with Crippen LogP contribution in [0, 0.1) is 17.8 Å². The van der Waals surface area contributed by atoms with Crippen molar-refractivity contribution in [2.45, 2.75) is 25.9 Å². The Balaban J connectivity index is 1.96. The van der Waals surface area contributed by atoms with Crippen LogP contribution in [0.2, 0.25) is 0 Å². The number of halogens is 3. The number of carbonyl (C=O) groups is 1. The Morgan fingerprint density at radius 1 is 1.20 bits per heavy atom. The fourth-order valence-electron chi connectivity index (χ4n) is 2.82. The highest BCUT2D eigenvalue weighted by molar-refractivity contribution is 5.73. The number of hydrogen-bond acceptors (Lipinski definition) is 1. The van der Waals surface area contributed by atoms with Crippen LogP contribution >= 0.6 is 0 Å². The molecule has 5 heteroatoms. The van der Waals surface area contributed by atoms with E-state index in [4.69, 9.17) is 0 Å². The standard InChI is InChI=1S/C10H14F3NO/c1-6(15)14-4-7-2-9(10(11,12)13)3-8(7)5-14/h7-9H,2-5H2,1H3. The van der Waals surface area contributed by atoms with E-state index in [9.17, 15) is 18.0 Å². The van der Waals surface area contributed by atoms with Crippen molar-refractivity contribution in [1.82, 2.24) is 4.90 Å². The minimum Gasteiger partial charge on any atom is -0.342 e. The van der Waals surface area contributed by atoms with E-state index in [-0.39, 0.29) is 30.6 Å². The van der Waals surface area contributed by atoms with Crippen LogP contribution in [0.25, 0.3) is 0 Å². The number of carbonyl (C=O) groups excluding carboxylic acids is 1. The first-order valence-electron chi connectivity index (χ1n) is 5.20. The first-order valence-corrected chi connectivity index (χ1v) is 5.20. The van der Waals surface area contributed by atoms with Crippen LogP contribution in [0.4, 0.5) is 13.2 Å². The molecular weight excluding hydrogens is 207 g/mol. The summed E-state index contributed by atoms with van der Waals surface area (Å²) in [6, 6.07) is 0. The summed E-state index contributed by atoms with van der Waals surface area (Å²) in [5.41, 5.74) is 0. The molecule has 0 spiro atoms. The van der Waals surface area contributed by atoms with Crippen molar-refractivity contribution in [3.05, 3.63) is 0 Å². The van der Waals surface area contributed by atoms with E-state index in [1.807, 2.05) is 0 Å². The van der Waals surface area contributed by atoms with Crippen molar-refractivity contribution >= 4 is 5.91 Å². The van der Waals surface area contributed by atoms with Gasteiger partial charge >= 0.3 is 6.18 Å². The molecule has 1 aliphatic heterocycles. The quantitative estimate of drug-likeness (QED) is 0.613. The summed E-state index contributed by atoms with van der Waals surface area (Å²) in [4.78, 5) is 12.7. The van der Waals surface area contributed by atoms with Crippen LogP contribution in [0.15, 0.2) is 0 Å². The molecule has 2 aliphatic rings. The molecule has 0 aromatic heterocycles. The fourth-order valence-corrected chi connectivity index (χ4v) is 2.82. The van der Waals surface area contributed by atoms with Crippen LogP contribution in [-0.4, -0.2) is 30.1 Å². The lowest BCUT2D eigenvalue weighted by Crippen LogP contribution is -2.29. The third-order valence-electron chi connectivity index (χ3n) is 3.66. The number of likely N-dealkylation sites (tertiary alicyclic amines) is 1. The van der Waals surface area contributed by atoms with Gasteiger partial charge < -0.3 is 4.90 Å². The van der Waals surface area contributed by atoms with Gasteiger partial charge in [0.1, 0.15) is 0 Å². The second kappa shape index (κ2) is 3.39. The third kappa shape index (κ3) is 1.96. The molecule has 2 atom stereocenters. The maximum absolute atomic E-state index is 12.4. The van der Waals surface area contributed by atoms with Crippen molar-refractivity contribution in [3.63, 3.8) is 0 Å². The van der Waals surface area contributed by atoms with Gasteiger partial charge in [-0.15, -0.1) is 0 Å². The number of nitrogens with zero attached hydrogens (tertiary/aromatic N) is 1. The van der Waals surface area contributed by atoms with Crippen LogP contribution in [0.1, 0.15) is 19.8 Å². The molecule has 15 heavy (non-hydrogen) atoms. The van der Waals surface area contributed by atoms with Gasteiger partial charge in [0.2, 0.25) is 5.91 Å². The monoisotopic (exact) mass is 221 g/mol. The third-order valence-corrected chi connectivity index (χ3v) is 3.66. The molecule has 0 aromatic carbocycles. The van der Waals surface area contributed by atoms with E-state index in [0.717, 1.165) is 0 Å². The molecule has 1 amide bonds. The zero-order valence-corrected chi connectivity index (χ0v) is 8.55. The van der Waals surface area contributed by atoms with Crippen LogP contribution in [0.3, 0.4) is 0 Å². The normalized spacial score (nSPS) is 35.7. The van der Waals surface area contributed by atoms with Crippen LogP contribution in [-0.2, 0) is 4.79 Å². The molecule has 0 bridgehead atoms. The van der Waals surface area contributed by atoms with Gasteiger partial charge in [-0.2, -0.15) is 13.2 Å². The lowest BCUT2D eigenvalue weighted by molar-refractivity contribution is -0.174. The van der Waals surface area contributed by atoms with Crippen molar-refractivity contribution in [1.29, 1.82) is 0 Å². The van der Waals surface area contributed by atoms with Crippen LogP contribution < -0.4 is 0 Å². The van der Waals surface area contributed by atoms with Crippen molar-refractivity contribution in [2.75, 3.05) is 13.1 Å². The van der Waals surface area contributed by atoms with E-state index in [2.05, 4.69) is 0 Å². The molecule has 2 rings (SSSR count). The Labute approximate surface area is 86.4 Å². The summed E-state index contributed by atoms with van der Waals surface area (Å²) in [6.45, 7) is 2.52. The minimum absolute atomic E-state index is 0.0204. The zero-order valence-electron chi connectivity index (χ0n) is 8.55. The predicted octanol–water partition coefficient (Wildman–Crippen LogP) is 2.05. The van der Waals surface area contributed by atoms with Gasteiger partial charge in [0.05, 0.1) is 5.92 Å². The number of amides is 1. The molecule has 0 aromatic rings. The van der Waals surface area contributed by atoms with Crippen LogP contribution in [0.5, 0.6) is 0 Å². The van der Waals surface area contributed by atoms with E-state index in [0.29, 0.717) is 13.1 Å². The average Bonchev–Trinajstić information content (AvgIpc) is 2.55. The highest BCUT2D eigenvalue weighted by atomic mass is 19.4. The number of hydrogen-bond donors (Lipinski definition) is 0. The van der Waals surface area contributed by atoms with Gasteiger partial charge in [-0.1, -0.05) is 0 Å². The molecule has 2 unspecified atom stereocenters. The van der Waals surface area contributed by atoms with Gasteiger partial charge in [-0.25, -0.2) is 0 Å². The van der Waals surface area contributed by atoms with Gasteiger partial charge in [-0.05, 0) is 24.7 Å². The Bertz CT molecular complexity index is 262. The largest absolute Gasteiger partial charge is 0.391 e.